The molecule has 1 saturated carbocycles. The number of H-pyrrole nitrogens is 1. The summed E-state index contributed by atoms with van der Waals surface area (Å²) in [6.07, 6.45) is 5.76. The topological polar surface area (TPSA) is 37.8 Å². The summed E-state index contributed by atoms with van der Waals surface area (Å²) < 4.78 is 1.77. The summed E-state index contributed by atoms with van der Waals surface area (Å²) in [5, 5.41) is 0. The molecule has 0 aliphatic heterocycles. The molecular formula is C7H10N2O. The lowest BCUT2D eigenvalue weighted by Gasteiger charge is -2.06. The Bertz CT molecular complexity index is 293. The third-order valence-electron chi connectivity index (χ3n) is 2.20. The fourth-order valence-corrected chi connectivity index (χ4v) is 1.17. The molecule has 0 aromatic carbocycles. The highest BCUT2D eigenvalue weighted by molar-refractivity contribution is 4.99. The molecule has 1 aliphatic rings. The highest BCUT2D eigenvalue weighted by atomic mass is 16.1. The smallest absolute Gasteiger partial charge is 0.313 e. The maximum absolute atomic E-state index is 11.0. The van der Waals surface area contributed by atoms with Gasteiger partial charge in [0.2, 0.25) is 0 Å². The van der Waals surface area contributed by atoms with Crippen LogP contribution in [0.15, 0.2) is 17.2 Å². The number of rotatable bonds is 1. The van der Waals surface area contributed by atoms with Crippen molar-refractivity contribution < 1.29 is 0 Å². The Morgan fingerprint density at radius 3 is 2.80 bits per heavy atom. The van der Waals surface area contributed by atoms with Gasteiger partial charge in [0.05, 0.1) is 0 Å². The van der Waals surface area contributed by atoms with E-state index in [1.165, 1.54) is 0 Å². The molecule has 0 saturated heterocycles. The van der Waals surface area contributed by atoms with Crippen molar-refractivity contribution in [2.75, 3.05) is 0 Å². The van der Waals surface area contributed by atoms with Crippen LogP contribution in [0.5, 0.6) is 0 Å². The molecule has 10 heavy (non-hydrogen) atoms. The van der Waals surface area contributed by atoms with E-state index < -0.39 is 0 Å². The van der Waals surface area contributed by atoms with E-state index in [-0.39, 0.29) is 11.2 Å². The standard InChI is InChI=1S/C7H10N2O/c1-7(2-3-7)9-5-4-8-6(9)10/h4-5H,2-3H2,1H3,(H,8,10). The van der Waals surface area contributed by atoms with Crippen LogP contribution in [0, 0.1) is 0 Å². The largest absolute Gasteiger partial charge is 0.325 e. The van der Waals surface area contributed by atoms with Crippen LogP contribution in [0.25, 0.3) is 0 Å². The van der Waals surface area contributed by atoms with Gasteiger partial charge in [-0.2, -0.15) is 0 Å². The van der Waals surface area contributed by atoms with Crippen LogP contribution in [0.1, 0.15) is 19.8 Å². The minimum absolute atomic E-state index is 0.0139. The first-order chi connectivity index (χ1) is 4.72. The number of hydrogen-bond donors (Lipinski definition) is 1. The van der Waals surface area contributed by atoms with Crippen molar-refractivity contribution in [2.45, 2.75) is 25.3 Å². The predicted octanol–water partition coefficient (Wildman–Crippen LogP) is 0.685. The molecule has 0 unspecified atom stereocenters. The van der Waals surface area contributed by atoms with Gasteiger partial charge in [-0.3, -0.25) is 4.57 Å². The fraction of sp³-hybridized carbons (Fsp3) is 0.571. The lowest BCUT2D eigenvalue weighted by molar-refractivity contribution is 0.515. The summed E-state index contributed by atoms with van der Waals surface area (Å²) >= 11 is 0. The van der Waals surface area contributed by atoms with Crippen LogP contribution in [-0.2, 0) is 5.54 Å². The quantitative estimate of drug-likeness (QED) is 0.609. The zero-order chi connectivity index (χ0) is 7.19. The second-order valence-electron chi connectivity index (χ2n) is 3.13. The van der Waals surface area contributed by atoms with E-state index in [2.05, 4.69) is 11.9 Å². The molecule has 0 radical (unpaired) electrons. The first-order valence-corrected chi connectivity index (χ1v) is 3.49. The van der Waals surface area contributed by atoms with Crippen molar-refractivity contribution in [3.05, 3.63) is 22.9 Å². The fourth-order valence-electron chi connectivity index (χ4n) is 1.17. The van der Waals surface area contributed by atoms with Gasteiger partial charge in [-0.05, 0) is 19.8 Å². The Labute approximate surface area is 58.7 Å². The molecule has 1 aromatic rings. The van der Waals surface area contributed by atoms with Crippen LogP contribution in [0.4, 0.5) is 0 Å². The first kappa shape index (κ1) is 5.77. The molecule has 1 aromatic heterocycles. The number of nitrogens with zero attached hydrogens (tertiary/aromatic N) is 1. The lowest BCUT2D eigenvalue weighted by atomic mass is 10.3. The second-order valence-corrected chi connectivity index (χ2v) is 3.13. The molecule has 1 aliphatic carbocycles. The van der Waals surface area contributed by atoms with E-state index in [4.69, 9.17) is 0 Å². The van der Waals surface area contributed by atoms with Gasteiger partial charge >= 0.3 is 5.69 Å². The van der Waals surface area contributed by atoms with E-state index in [9.17, 15) is 4.79 Å². The van der Waals surface area contributed by atoms with Crippen molar-refractivity contribution >= 4 is 0 Å². The van der Waals surface area contributed by atoms with Gasteiger partial charge in [0.25, 0.3) is 0 Å². The lowest BCUT2D eigenvalue weighted by Crippen LogP contribution is -2.24. The Balaban J connectivity index is 2.51. The number of aromatic nitrogens is 2. The number of imidazole rings is 1. The molecule has 1 N–H and O–H groups in total. The van der Waals surface area contributed by atoms with Gasteiger partial charge in [-0.15, -0.1) is 0 Å². The predicted molar refractivity (Wildman–Crippen MR) is 37.9 cm³/mol. The molecule has 3 heteroatoms. The summed E-state index contributed by atoms with van der Waals surface area (Å²) in [6.45, 7) is 2.10. The highest BCUT2D eigenvalue weighted by Crippen LogP contribution is 2.41. The number of hydrogen-bond acceptors (Lipinski definition) is 1. The van der Waals surface area contributed by atoms with Crippen molar-refractivity contribution in [3.8, 4) is 0 Å². The maximum Gasteiger partial charge on any atom is 0.325 e. The van der Waals surface area contributed by atoms with Crippen molar-refractivity contribution in [2.24, 2.45) is 0 Å². The summed E-state index contributed by atoms with van der Waals surface area (Å²) in [4.78, 5) is 13.6. The molecule has 54 valence electrons. The highest BCUT2D eigenvalue weighted by Gasteiger charge is 2.40. The van der Waals surface area contributed by atoms with Gasteiger partial charge in [-0.25, -0.2) is 4.79 Å². The average Bonchev–Trinajstić information content (AvgIpc) is 2.44. The Morgan fingerprint density at radius 2 is 2.40 bits per heavy atom. The average molecular weight is 138 g/mol. The third kappa shape index (κ3) is 0.632. The Kier molecular flexibility index (Phi) is 0.886. The second kappa shape index (κ2) is 1.54. The van der Waals surface area contributed by atoms with Crippen LogP contribution in [-0.4, -0.2) is 9.55 Å². The van der Waals surface area contributed by atoms with Crippen molar-refractivity contribution in [1.29, 1.82) is 0 Å². The normalized spacial score (nSPS) is 20.9. The molecule has 1 fully saturated rings. The van der Waals surface area contributed by atoms with Gasteiger partial charge < -0.3 is 4.98 Å². The molecule has 3 nitrogen and oxygen atoms in total. The van der Waals surface area contributed by atoms with Gasteiger partial charge in [0.1, 0.15) is 0 Å². The summed E-state index contributed by atoms with van der Waals surface area (Å²) in [7, 11) is 0. The summed E-state index contributed by atoms with van der Waals surface area (Å²) in [6, 6.07) is 0. The van der Waals surface area contributed by atoms with Crippen LogP contribution >= 0.6 is 0 Å². The minimum atomic E-state index is 0.0139. The van der Waals surface area contributed by atoms with Gasteiger partial charge in [0, 0.05) is 17.9 Å². The number of aromatic amines is 1. The molecule has 2 rings (SSSR count). The maximum atomic E-state index is 11.0. The number of nitrogens with one attached hydrogen (secondary N) is 1. The first-order valence-electron chi connectivity index (χ1n) is 3.49. The van der Waals surface area contributed by atoms with Crippen LogP contribution < -0.4 is 5.69 Å². The van der Waals surface area contributed by atoms with Gasteiger partial charge in [-0.1, -0.05) is 0 Å². The van der Waals surface area contributed by atoms with Crippen molar-refractivity contribution in [1.82, 2.24) is 9.55 Å². The van der Waals surface area contributed by atoms with E-state index >= 15 is 0 Å². The molecule has 0 atom stereocenters. The molecular weight excluding hydrogens is 128 g/mol. The Morgan fingerprint density at radius 1 is 1.70 bits per heavy atom. The van der Waals surface area contributed by atoms with Crippen LogP contribution in [0.2, 0.25) is 0 Å². The summed E-state index contributed by atoms with van der Waals surface area (Å²) in [5.41, 5.74) is 0.150. The van der Waals surface area contributed by atoms with Gasteiger partial charge in [0.15, 0.2) is 0 Å². The molecule has 1 heterocycles. The summed E-state index contributed by atoms with van der Waals surface area (Å²) in [5.74, 6) is 0. The monoisotopic (exact) mass is 138 g/mol. The van der Waals surface area contributed by atoms with E-state index in [1.807, 2.05) is 6.20 Å². The van der Waals surface area contributed by atoms with E-state index in [0.717, 1.165) is 12.8 Å². The SMILES string of the molecule is CC1(n2cc[nH]c2=O)CC1. The van der Waals surface area contributed by atoms with Crippen LogP contribution in [0.3, 0.4) is 0 Å². The zero-order valence-corrected chi connectivity index (χ0v) is 5.92. The van der Waals surface area contributed by atoms with E-state index in [0.29, 0.717) is 0 Å². The van der Waals surface area contributed by atoms with Crippen molar-refractivity contribution in [3.63, 3.8) is 0 Å². The van der Waals surface area contributed by atoms with E-state index in [1.54, 1.807) is 10.8 Å². The molecule has 0 amide bonds. The molecule has 0 bridgehead atoms. The Hall–Kier alpha value is -0.990. The minimum Gasteiger partial charge on any atom is -0.313 e. The zero-order valence-electron chi connectivity index (χ0n) is 5.92. The molecule has 0 spiro atoms. The third-order valence-corrected chi connectivity index (χ3v) is 2.20.